The molecule has 2 atom stereocenters. The maximum Gasteiger partial charge on any atom is 0.335 e. The second-order valence-electron chi connectivity index (χ2n) is 5.44. The maximum absolute atomic E-state index is 11.8. The van der Waals surface area contributed by atoms with Crippen LogP contribution in [-0.2, 0) is 19.0 Å². The molecule has 0 bridgehead atoms. The molecule has 0 aliphatic carbocycles. The first-order valence-corrected chi connectivity index (χ1v) is 7.74. The van der Waals surface area contributed by atoms with Gasteiger partial charge in [0.05, 0.1) is 12.7 Å². The predicted molar refractivity (Wildman–Crippen MR) is 82.0 cm³/mol. The number of carbonyl (C=O) groups is 1. The average molecular weight is 308 g/mol. The molecular weight excluding hydrogens is 284 g/mol. The molecule has 1 aromatic rings. The van der Waals surface area contributed by atoms with Crippen LogP contribution in [0, 0.1) is 6.92 Å². The summed E-state index contributed by atoms with van der Waals surface area (Å²) in [4.78, 5) is 11.8. The van der Waals surface area contributed by atoms with Crippen LogP contribution in [0.1, 0.15) is 25.3 Å². The van der Waals surface area contributed by atoms with Gasteiger partial charge in [-0.15, -0.1) is 0 Å². The van der Waals surface area contributed by atoms with Gasteiger partial charge in [-0.1, -0.05) is 12.1 Å². The van der Waals surface area contributed by atoms with Crippen molar-refractivity contribution in [1.82, 2.24) is 0 Å². The van der Waals surface area contributed by atoms with E-state index >= 15 is 0 Å². The molecule has 0 radical (unpaired) electrons. The zero-order chi connectivity index (χ0) is 15.8. The molecule has 2 unspecified atom stereocenters. The van der Waals surface area contributed by atoms with Crippen LogP contribution >= 0.6 is 0 Å². The van der Waals surface area contributed by atoms with Crippen LogP contribution in [-0.4, -0.2) is 44.6 Å². The van der Waals surface area contributed by atoms with Crippen molar-refractivity contribution in [3.8, 4) is 5.75 Å². The van der Waals surface area contributed by atoms with E-state index in [4.69, 9.17) is 18.9 Å². The Morgan fingerprint density at radius 1 is 1.41 bits per heavy atom. The summed E-state index contributed by atoms with van der Waals surface area (Å²) in [5.41, 5.74) is 1.13. The van der Waals surface area contributed by atoms with E-state index in [-0.39, 0.29) is 18.7 Å². The Morgan fingerprint density at radius 3 is 3.00 bits per heavy atom. The van der Waals surface area contributed by atoms with E-state index in [0.717, 1.165) is 30.8 Å². The molecule has 5 heteroatoms. The van der Waals surface area contributed by atoms with Gasteiger partial charge in [-0.3, -0.25) is 0 Å². The van der Waals surface area contributed by atoms with Crippen molar-refractivity contribution < 1.29 is 23.7 Å². The molecule has 22 heavy (non-hydrogen) atoms. The minimum atomic E-state index is -0.580. The Morgan fingerprint density at radius 2 is 2.27 bits per heavy atom. The molecule has 0 aromatic heterocycles. The maximum atomic E-state index is 11.8. The third-order valence-electron chi connectivity index (χ3n) is 3.47. The molecular formula is C17H24O5. The van der Waals surface area contributed by atoms with E-state index in [9.17, 15) is 4.79 Å². The Kier molecular flexibility index (Phi) is 6.68. The highest BCUT2D eigenvalue weighted by molar-refractivity contribution is 5.74. The smallest absolute Gasteiger partial charge is 0.335 e. The minimum absolute atomic E-state index is 0.111. The number of hydrogen-bond donors (Lipinski definition) is 0. The largest absolute Gasteiger partial charge is 0.490 e. The van der Waals surface area contributed by atoms with Gasteiger partial charge in [0.1, 0.15) is 19.0 Å². The summed E-state index contributed by atoms with van der Waals surface area (Å²) in [7, 11) is 0. The van der Waals surface area contributed by atoms with E-state index in [1.54, 1.807) is 6.92 Å². The topological polar surface area (TPSA) is 54.0 Å². The molecule has 5 nitrogen and oxygen atoms in total. The summed E-state index contributed by atoms with van der Waals surface area (Å²) in [6, 6.07) is 7.75. The van der Waals surface area contributed by atoms with Crippen LogP contribution in [0.5, 0.6) is 5.75 Å². The fourth-order valence-electron chi connectivity index (χ4n) is 2.22. The summed E-state index contributed by atoms with van der Waals surface area (Å²) in [6.07, 6.45) is 1.58. The second-order valence-corrected chi connectivity index (χ2v) is 5.44. The van der Waals surface area contributed by atoms with Crippen LogP contribution in [0.3, 0.4) is 0 Å². The van der Waals surface area contributed by atoms with Crippen molar-refractivity contribution in [3.63, 3.8) is 0 Å². The van der Waals surface area contributed by atoms with Crippen LogP contribution < -0.4 is 4.74 Å². The lowest BCUT2D eigenvalue weighted by atomic mass is 10.2. The Labute approximate surface area is 131 Å². The van der Waals surface area contributed by atoms with Gasteiger partial charge in [0, 0.05) is 6.61 Å². The highest BCUT2D eigenvalue weighted by Gasteiger charge is 2.20. The van der Waals surface area contributed by atoms with Crippen molar-refractivity contribution in [2.75, 3.05) is 26.4 Å². The molecule has 0 N–H and O–H groups in total. The highest BCUT2D eigenvalue weighted by Crippen LogP contribution is 2.13. The molecule has 1 fully saturated rings. The van der Waals surface area contributed by atoms with Gasteiger partial charge in [-0.05, 0) is 44.4 Å². The molecule has 1 aliphatic heterocycles. The lowest BCUT2D eigenvalue weighted by molar-refractivity contribution is -0.158. The molecule has 1 heterocycles. The normalized spacial score (nSPS) is 18.9. The standard InChI is InChI=1S/C17H24O5/c1-13-5-3-6-15(11-13)20-9-10-21-17(18)14(2)22-12-16-7-4-8-19-16/h3,5-6,11,14,16H,4,7-10,12H2,1-2H3. The number of hydrogen-bond acceptors (Lipinski definition) is 5. The number of rotatable bonds is 8. The van der Waals surface area contributed by atoms with Crippen LogP contribution in [0.25, 0.3) is 0 Å². The zero-order valence-corrected chi connectivity index (χ0v) is 13.2. The molecule has 0 spiro atoms. The van der Waals surface area contributed by atoms with Crippen molar-refractivity contribution >= 4 is 5.97 Å². The number of carbonyl (C=O) groups excluding carboxylic acids is 1. The van der Waals surface area contributed by atoms with E-state index in [2.05, 4.69) is 0 Å². The highest BCUT2D eigenvalue weighted by atomic mass is 16.6. The van der Waals surface area contributed by atoms with E-state index in [0.29, 0.717) is 13.2 Å². The zero-order valence-electron chi connectivity index (χ0n) is 13.2. The van der Waals surface area contributed by atoms with Crippen LogP contribution in [0.15, 0.2) is 24.3 Å². The molecule has 1 saturated heterocycles. The van der Waals surface area contributed by atoms with Crippen LogP contribution in [0.4, 0.5) is 0 Å². The van der Waals surface area contributed by atoms with Gasteiger partial charge >= 0.3 is 5.97 Å². The lowest BCUT2D eigenvalue weighted by Gasteiger charge is -2.15. The Hall–Kier alpha value is -1.59. The van der Waals surface area contributed by atoms with Crippen molar-refractivity contribution in [1.29, 1.82) is 0 Å². The Balaban J connectivity index is 1.58. The quantitative estimate of drug-likeness (QED) is 0.545. The van der Waals surface area contributed by atoms with Gasteiger partial charge in [0.15, 0.2) is 6.10 Å². The first kappa shape index (κ1) is 16.8. The van der Waals surface area contributed by atoms with Crippen LogP contribution in [0.2, 0.25) is 0 Å². The Bertz CT molecular complexity index is 468. The van der Waals surface area contributed by atoms with Gasteiger partial charge in [-0.2, -0.15) is 0 Å². The SMILES string of the molecule is Cc1cccc(OCCOC(=O)C(C)OCC2CCCO2)c1. The van der Waals surface area contributed by atoms with Crippen molar-refractivity contribution in [2.24, 2.45) is 0 Å². The van der Waals surface area contributed by atoms with Gasteiger partial charge in [0.25, 0.3) is 0 Å². The molecule has 1 aromatic carbocycles. The summed E-state index contributed by atoms with van der Waals surface area (Å²) in [5, 5.41) is 0. The van der Waals surface area contributed by atoms with Crippen molar-refractivity contribution in [2.45, 2.75) is 38.9 Å². The molecule has 2 rings (SSSR count). The predicted octanol–water partition coefficient (Wildman–Crippen LogP) is 2.50. The third-order valence-corrected chi connectivity index (χ3v) is 3.47. The number of aryl methyl sites for hydroxylation is 1. The molecule has 0 amide bonds. The monoisotopic (exact) mass is 308 g/mol. The lowest BCUT2D eigenvalue weighted by Crippen LogP contribution is -2.28. The summed E-state index contributed by atoms with van der Waals surface area (Å²) >= 11 is 0. The van der Waals surface area contributed by atoms with E-state index in [1.165, 1.54) is 0 Å². The molecule has 1 aliphatic rings. The second kappa shape index (κ2) is 8.76. The van der Waals surface area contributed by atoms with E-state index in [1.807, 2.05) is 31.2 Å². The van der Waals surface area contributed by atoms with Gasteiger partial charge in [-0.25, -0.2) is 4.79 Å². The summed E-state index contributed by atoms with van der Waals surface area (Å²) < 4.78 is 21.6. The van der Waals surface area contributed by atoms with E-state index < -0.39 is 6.10 Å². The summed E-state index contributed by atoms with van der Waals surface area (Å²) in [5.74, 6) is 0.407. The van der Waals surface area contributed by atoms with Gasteiger partial charge in [0.2, 0.25) is 0 Å². The fraction of sp³-hybridized carbons (Fsp3) is 0.588. The first-order valence-electron chi connectivity index (χ1n) is 7.74. The molecule has 0 saturated carbocycles. The average Bonchev–Trinajstić information content (AvgIpc) is 3.02. The summed E-state index contributed by atoms with van der Waals surface area (Å²) in [6.45, 7) is 5.45. The fourth-order valence-corrected chi connectivity index (χ4v) is 2.22. The molecule has 122 valence electrons. The minimum Gasteiger partial charge on any atom is -0.490 e. The number of benzene rings is 1. The third kappa shape index (κ3) is 5.66. The number of esters is 1. The van der Waals surface area contributed by atoms with Gasteiger partial charge < -0.3 is 18.9 Å². The first-order chi connectivity index (χ1) is 10.6. The number of ether oxygens (including phenoxy) is 4. The van der Waals surface area contributed by atoms with Crippen molar-refractivity contribution in [3.05, 3.63) is 29.8 Å².